The number of nitrogens with two attached hydrogens (primary N) is 1. The Morgan fingerprint density at radius 3 is 2.50 bits per heavy atom. The fourth-order valence-corrected chi connectivity index (χ4v) is 2.25. The summed E-state index contributed by atoms with van der Waals surface area (Å²) in [7, 11) is 0. The molecule has 0 aliphatic carbocycles. The predicted octanol–water partition coefficient (Wildman–Crippen LogP) is 3.26. The summed E-state index contributed by atoms with van der Waals surface area (Å²) in [5.74, 6) is 0.0271. The van der Waals surface area contributed by atoms with Gasteiger partial charge in [-0.15, -0.1) is 0 Å². The summed E-state index contributed by atoms with van der Waals surface area (Å²) >= 11 is 3.39. The summed E-state index contributed by atoms with van der Waals surface area (Å²) in [6.45, 7) is 0. The van der Waals surface area contributed by atoms with Crippen molar-refractivity contribution in [3.63, 3.8) is 0 Å². The molecule has 2 rings (SSSR count). The second kappa shape index (κ2) is 5.94. The maximum atomic E-state index is 12.1. The summed E-state index contributed by atoms with van der Waals surface area (Å²) < 4.78 is 0.973. The lowest BCUT2D eigenvalue weighted by molar-refractivity contribution is -0.119. The smallest absolute Gasteiger partial charge is 0.158 e. The monoisotopic (exact) mass is 303 g/mol. The molecule has 0 saturated heterocycles. The zero-order valence-corrected chi connectivity index (χ0v) is 11.4. The third-order valence-electron chi connectivity index (χ3n) is 2.77. The number of rotatable bonds is 4. The van der Waals surface area contributed by atoms with E-state index >= 15 is 0 Å². The number of Topliss-reactive ketones (excluding diaryl/α,β-unsaturated/α-hetero) is 1. The zero-order chi connectivity index (χ0) is 13.0. The van der Waals surface area contributed by atoms with Crippen LogP contribution in [-0.4, -0.2) is 5.78 Å². The Balaban J connectivity index is 2.09. The maximum Gasteiger partial charge on any atom is 0.158 e. The minimum atomic E-state index is -0.551. The van der Waals surface area contributed by atoms with Gasteiger partial charge in [0.1, 0.15) is 0 Å². The van der Waals surface area contributed by atoms with Crippen molar-refractivity contribution in [2.75, 3.05) is 0 Å². The van der Waals surface area contributed by atoms with Crippen LogP contribution in [0.2, 0.25) is 0 Å². The van der Waals surface area contributed by atoms with Crippen LogP contribution in [-0.2, 0) is 11.2 Å². The molecule has 92 valence electrons. The summed E-state index contributed by atoms with van der Waals surface area (Å²) in [6, 6.07) is 16.6. The highest BCUT2D eigenvalue weighted by molar-refractivity contribution is 9.10. The van der Waals surface area contributed by atoms with Gasteiger partial charge in [-0.05, 0) is 23.3 Å². The number of benzene rings is 2. The summed E-state index contributed by atoms with van der Waals surface area (Å²) in [6.07, 6.45) is 0.357. The van der Waals surface area contributed by atoms with E-state index in [1.54, 1.807) is 0 Å². The molecule has 0 aliphatic heterocycles. The first-order valence-electron chi connectivity index (χ1n) is 5.74. The van der Waals surface area contributed by atoms with E-state index in [-0.39, 0.29) is 5.78 Å². The molecule has 1 atom stereocenters. The van der Waals surface area contributed by atoms with Gasteiger partial charge in [-0.3, -0.25) is 4.79 Å². The minimum absolute atomic E-state index is 0.0271. The molecule has 0 radical (unpaired) electrons. The molecule has 0 aromatic heterocycles. The number of ketones is 1. The number of halogens is 1. The van der Waals surface area contributed by atoms with E-state index < -0.39 is 6.04 Å². The van der Waals surface area contributed by atoms with Crippen LogP contribution in [0, 0.1) is 0 Å². The molecule has 0 aliphatic rings. The largest absolute Gasteiger partial charge is 0.318 e. The molecule has 18 heavy (non-hydrogen) atoms. The Bertz CT molecular complexity index is 539. The molecule has 0 heterocycles. The molecule has 2 aromatic rings. The standard InChI is InChI=1S/C15H14BrNO/c16-13-8-4-5-11(9-13)10-14(18)15(17)12-6-2-1-3-7-12/h1-9,15H,10,17H2. The van der Waals surface area contributed by atoms with Crippen LogP contribution in [0.3, 0.4) is 0 Å². The van der Waals surface area contributed by atoms with Crippen molar-refractivity contribution < 1.29 is 4.79 Å². The Hall–Kier alpha value is -1.45. The van der Waals surface area contributed by atoms with Crippen molar-refractivity contribution in [3.05, 3.63) is 70.2 Å². The third-order valence-corrected chi connectivity index (χ3v) is 3.27. The van der Waals surface area contributed by atoms with Gasteiger partial charge in [0.25, 0.3) is 0 Å². The zero-order valence-electron chi connectivity index (χ0n) is 9.84. The average Bonchev–Trinajstić information content (AvgIpc) is 2.39. The van der Waals surface area contributed by atoms with Gasteiger partial charge >= 0.3 is 0 Å². The van der Waals surface area contributed by atoms with Gasteiger partial charge in [-0.25, -0.2) is 0 Å². The average molecular weight is 304 g/mol. The van der Waals surface area contributed by atoms with E-state index in [2.05, 4.69) is 15.9 Å². The van der Waals surface area contributed by atoms with E-state index in [0.717, 1.165) is 15.6 Å². The molecule has 2 aromatic carbocycles. The summed E-state index contributed by atoms with van der Waals surface area (Å²) in [4.78, 5) is 12.1. The first-order valence-corrected chi connectivity index (χ1v) is 6.54. The van der Waals surface area contributed by atoms with Gasteiger partial charge in [0.2, 0.25) is 0 Å². The van der Waals surface area contributed by atoms with Crippen molar-refractivity contribution in [1.29, 1.82) is 0 Å². The first-order chi connectivity index (χ1) is 8.66. The molecule has 3 heteroatoms. The molecule has 2 nitrogen and oxygen atoms in total. The van der Waals surface area contributed by atoms with Crippen LogP contribution >= 0.6 is 15.9 Å². The van der Waals surface area contributed by atoms with Crippen molar-refractivity contribution in [2.45, 2.75) is 12.5 Å². The van der Waals surface area contributed by atoms with Crippen molar-refractivity contribution >= 4 is 21.7 Å². The quantitative estimate of drug-likeness (QED) is 0.942. The highest BCUT2D eigenvalue weighted by Gasteiger charge is 2.15. The van der Waals surface area contributed by atoms with Crippen LogP contribution in [0.1, 0.15) is 17.2 Å². The fourth-order valence-electron chi connectivity index (χ4n) is 1.80. The maximum absolute atomic E-state index is 12.1. The second-order valence-corrected chi connectivity index (χ2v) is 5.08. The molecule has 0 saturated carbocycles. The van der Waals surface area contributed by atoms with Crippen LogP contribution in [0.5, 0.6) is 0 Å². The lowest BCUT2D eigenvalue weighted by Crippen LogP contribution is -2.23. The highest BCUT2D eigenvalue weighted by Crippen LogP contribution is 2.16. The van der Waals surface area contributed by atoms with E-state index in [9.17, 15) is 4.79 Å². The minimum Gasteiger partial charge on any atom is -0.318 e. The Kier molecular flexibility index (Phi) is 4.28. The Labute approximate surface area is 115 Å². The SMILES string of the molecule is NC(C(=O)Cc1cccc(Br)c1)c1ccccc1. The Morgan fingerprint density at radius 2 is 1.83 bits per heavy atom. The fraction of sp³-hybridized carbons (Fsp3) is 0.133. The molecule has 2 N–H and O–H groups in total. The molecule has 0 bridgehead atoms. The topological polar surface area (TPSA) is 43.1 Å². The Morgan fingerprint density at radius 1 is 1.11 bits per heavy atom. The van der Waals surface area contributed by atoms with E-state index in [1.807, 2.05) is 54.6 Å². The summed E-state index contributed by atoms with van der Waals surface area (Å²) in [5.41, 5.74) is 7.79. The van der Waals surface area contributed by atoms with Crippen molar-refractivity contribution in [3.8, 4) is 0 Å². The first kappa shape index (κ1) is 13.0. The van der Waals surface area contributed by atoms with E-state index in [4.69, 9.17) is 5.73 Å². The lowest BCUT2D eigenvalue weighted by atomic mass is 9.98. The molecule has 0 spiro atoms. The van der Waals surface area contributed by atoms with Gasteiger partial charge in [0.05, 0.1) is 6.04 Å². The van der Waals surface area contributed by atoms with Gasteiger partial charge in [-0.1, -0.05) is 58.4 Å². The summed E-state index contributed by atoms with van der Waals surface area (Å²) in [5, 5.41) is 0. The van der Waals surface area contributed by atoms with Gasteiger partial charge in [-0.2, -0.15) is 0 Å². The molecule has 1 unspecified atom stereocenters. The van der Waals surface area contributed by atoms with Crippen molar-refractivity contribution in [1.82, 2.24) is 0 Å². The second-order valence-electron chi connectivity index (χ2n) is 4.16. The lowest BCUT2D eigenvalue weighted by Gasteiger charge is -2.11. The number of hydrogen-bond donors (Lipinski definition) is 1. The number of carbonyl (C=O) groups is 1. The van der Waals surface area contributed by atoms with Gasteiger partial charge in [0.15, 0.2) is 5.78 Å². The van der Waals surface area contributed by atoms with Gasteiger partial charge < -0.3 is 5.73 Å². The van der Waals surface area contributed by atoms with Crippen molar-refractivity contribution in [2.24, 2.45) is 5.73 Å². The van der Waals surface area contributed by atoms with Crippen LogP contribution in [0.25, 0.3) is 0 Å². The van der Waals surface area contributed by atoms with Crippen LogP contribution in [0.15, 0.2) is 59.1 Å². The van der Waals surface area contributed by atoms with Gasteiger partial charge in [0, 0.05) is 10.9 Å². The molecular formula is C15H14BrNO. The van der Waals surface area contributed by atoms with E-state index in [0.29, 0.717) is 6.42 Å². The molecule has 0 fully saturated rings. The number of hydrogen-bond acceptors (Lipinski definition) is 2. The predicted molar refractivity (Wildman–Crippen MR) is 76.2 cm³/mol. The molecular weight excluding hydrogens is 290 g/mol. The highest BCUT2D eigenvalue weighted by atomic mass is 79.9. The number of carbonyl (C=O) groups excluding carboxylic acids is 1. The van der Waals surface area contributed by atoms with E-state index in [1.165, 1.54) is 0 Å². The van der Waals surface area contributed by atoms with Crippen LogP contribution in [0.4, 0.5) is 0 Å². The third kappa shape index (κ3) is 3.28. The normalized spacial score (nSPS) is 12.1. The molecule has 0 amide bonds. The van der Waals surface area contributed by atoms with Crippen LogP contribution < -0.4 is 5.73 Å².